The molecule has 0 radical (unpaired) electrons. The maximum absolute atomic E-state index is 12.1. The van der Waals surface area contributed by atoms with E-state index in [1.165, 1.54) is 4.90 Å². The van der Waals surface area contributed by atoms with Crippen LogP contribution in [0.25, 0.3) is 0 Å². The third-order valence-corrected chi connectivity index (χ3v) is 3.60. The standard InChI is InChI=1S/C13H19BrN2O3/c1-9(12(18-3)19-4)16(2)13(17)15-11-8-6-5-7-10(11)14/h5-9,12H,1-4H3,(H,15,17). The van der Waals surface area contributed by atoms with Gasteiger partial charge in [0.2, 0.25) is 0 Å². The first-order valence-corrected chi connectivity index (χ1v) is 6.64. The summed E-state index contributed by atoms with van der Waals surface area (Å²) in [6.45, 7) is 1.86. The maximum atomic E-state index is 12.1. The van der Waals surface area contributed by atoms with Crippen LogP contribution < -0.4 is 5.32 Å². The van der Waals surface area contributed by atoms with Gasteiger partial charge in [0, 0.05) is 25.7 Å². The van der Waals surface area contributed by atoms with Crippen molar-refractivity contribution in [1.29, 1.82) is 0 Å². The summed E-state index contributed by atoms with van der Waals surface area (Å²) in [4.78, 5) is 13.7. The number of nitrogens with one attached hydrogen (secondary N) is 1. The number of carbonyl (C=O) groups excluding carboxylic acids is 1. The molecule has 106 valence electrons. The SMILES string of the molecule is COC(OC)C(C)N(C)C(=O)Nc1ccccc1Br. The average molecular weight is 331 g/mol. The second-order valence-corrected chi connectivity index (χ2v) is 4.96. The summed E-state index contributed by atoms with van der Waals surface area (Å²) in [6.07, 6.45) is -0.463. The quantitative estimate of drug-likeness (QED) is 0.844. The molecule has 0 spiro atoms. The number of anilines is 1. The van der Waals surface area contributed by atoms with E-state index in [4.69, 9.17) is 9.47 Å². The van der Waals surface area contributed by atoms with Gasteiger partial charge in [0.15, 0.2) is 6.29 Å². The number of hydrogen-bond acceptors (Lipinski definition) is 3. The molecule has 0 aliphatic heterocycles. The molecule has 1 rings (SSSR count). The number of carbonyl (C=O) groups is 1. The Morgan fingerprint density at radius 3 is 2.42 bits per heavy atom. The highest BCUT2D eigenvalue weighted by Gasteiger charge is 2.24. The first kappa shape index (κ1) is 15.9. The van der Waals surface area contributed by atoms with Gasteiger partial charge in [0.1, 0.15) is 0 Å². The molecule has 6 heteroatoms. The minimum Gasteiger partial charge on any atom is -0.354 e. The van der Waals surface area contributed by atoms with Crippen molar-refractivity contribution in [3.05, 3.63) is 28.7 Å². The number of ether oxygens (including phenoxy) is 2. The third-order valence-electron chi connectivity index (χ3n) is 2.91. The summed E-state index contributed by atoms with van der Waals surface area (Å²) < 4.78 is 11.1. The topological polar surface area (TPSA) is 50.8 Å². The van der Waals surface area contributed by atoms with Gasteiger partial charge in [0.25, 0.3) is 0 Å². The van der Waals surface area contributed by atoms with Gasteiger partial charge in [-0.25, -0.2) is 4.79 Å². The minimum absolute atomic E-state index is 0.211. The normalized spacial score (nSPS) is 12.3. The van der Waals surface area contributed by atoms with E-state index in [9.17, 15) is 4.79 Å². The van der Waals surface area contributed by atoms with E-state index in [0.29, 0.717) is 0 Å². The van der Waals surface area contributed by atoms with Crippen molar-refractivity contribution in [1.82, 2.24) is 4.90 Å². The minimum atomic E-state index is -0.463. The van der Waals surface area contributed by atoms with Crippen molar-refractivity contribution in [2.45, 2.75) is 19.3 Å². The molecule has 1 aromatic rings. The molecule has 0 aliphatic rings. The van der Waals surface area contributed by atoms with Crippen molar-refractivity contribution >= 4 is 27.6 Å². The Morgan fingerprint density at radius 2 is 1.89 bits per heavy atom. The first-order valence-electron chi connectivity index (χ1n) is 5.85. The number of benzene rings is 1. The molecular formula is C13H19BrN2O3. The predicted octanol–water partition coefficient (Wildman–Crippen LogP) is 2.92. The fraction of sp³-hybridized carbons (Fsp3) is 0.462. The van der Waals surface area contributed by atoms with Gasteiger partial charge in [-0.3, -0.25) is 0 Å². The molecule has 0 bridgehead atoms. The lowest BCUT2D eigenvalue weighted by Gasteiger charge is -2.30. The van der Waals surface area contributed by atoms with Gasteiger partial charge in [0.05, 0.1) is 11.7 Å². The molecule has 1 unspecified atom stereocenters. The lowest BCUT2D eigenvalue weighted by Crippen LogP contribution is -2.46. The van der Waals surface area contributed by atoms with Gasteiger partial charge in [-0.2, -0.15) is 0 Å². The number of nitrogens with zero attached hydrogens (tertiary/aromatic N) is 1. The molecule has 19 heavy (non-hydrogen) atoms. The number of methoxy groups -OCH3 is 2. The summed E-state index contributed by atoms with van der Waals surface area (Å²) in [5, 5.41) is 2.82. The van der Waals surface area contributed by atoms with Crippen LogP contribution in [0.5, 0.6) is 0 Å². The van der Waals surface area contributed by atoms with Crippen molar-refractivity contribution in [3.63, 3.8) is 0 Å². The average Bonchev–Trinajstić information content (AvgIpc) is 2.41. The number of para-hydroxylation sites is 1. The van der Waals surface area contributed by atoms with E-state index in [1.807, 2.05) is 31.2 Å². The van der Waals surface area contributed by atoms with Crippen molar-refractivity contribution in [2.24, 2.45) is 0 Å². The van der Waals surface area contributed by atoms with Crippen LogP contribution in [0.1, 0.15) is 6.92 Å². The molecule has 0 fully saturated rings. The van der Waals surface area contributed by atoms with Gasteiger partial charge in [-0.1, -0.05) is 12.1 Å². The van der Waals surface area contributed by atoms with Crippen LogP contribution in [0.3, 0.4) is 0 Å². The van der Waals surface area contributed by atoms with Gasteiger partial charge in [-0.05, 0) is 35.0 Å². The van der Waals surface area contributed by atoms with E-state index in [-0.39, 0.29) is 12.1 Å². The highest BCUT2D eigenvalue weighted by Crippen LogP contribution is 2.21. The molecule has 1 atom stereocenters. The Kier molecular flexibility index (Phi) is 6.27. The fourth-order valence-electron chi connectivity index (χ4n) is 1.62. The molecule has 5 nitrogen and oxygen atoms in total. The summed E-state index contributed by atoms with van der Waals surface area (Å²) in [5.41, 5.74) is 0.720. The van der Waals surface area contributed by atoms with Crippen molar-refractivity contribution in [3.8, 4) is 0 Å². The molecule has 0 saturated carbocycles. The summed E-state index contributed by atoms with van der Waals surface area (Å²) in [5.74, 6) is 0. The first-order chi connectivity index (χ1) is 9.01. The van der Waals surface area contributed by atoms with Crippen LogP contribution in [0.15, 0.2) is 28.7 Å². The van der Waals surface area contributed by atoms with Crippen LogP contribution in [0.4, 0.5) is 10.5 Å². The van der Waals surface area contributed by atoms with Crippen molar-refractivity contribution < 1.29 is 14.3 Å². The van der Waals surface area contributed by atoms with E-state index >= 15 is 0 Å². The second-order valence-electron chi connectivity index (χ2n) is 4.10. The molecule has 1 aromatic carbocycles. The smallest absolute Gasteiger partial charge is 0.322 e. The Bertz CT molecular complexity index is 424. The zero-order chi connectivity index (χ0) is 14.4. The Balaban J connectivity index is 2.70. The van der Waals surface area contributed by atoms with E-state index < -0.39 is 6.29 Å². The molecular weight excluding hydrogens is 312 g/mol. The number of halogens is 1. The fourth-order valence-corrected chi connectivity index (χ4v) is 2.01. The van der Waals surface area contributed by atoms with Crippen LogP contribution >= 0.6 is 15.9 Å². The van der Waals surface area contributed by atoms with Crippen LogP contribution in [0.2, 0.25) is 0 Å². The van der Waals surface area contributed by atoms with Crippen LogP contribution in [-0.4, -0.2) is 44.5 Å². The molecule has 2 amide bonds. The summed E-state index contributed by atoms with van der Waals surface area (Å²) >= 11 is 3.38. The van der Waals surface area contributed by atoms with Gasteiger partial charge < -0.3 is 19.7 Å². The predicted molar refractivity (Wildman–Crippen MR) is 78.2 cm³/mol. The lowest BCUT2D eigenvalue weighted by molar-refractivity contribution is -0.132. The number of amides is 2. The molecule has 0 aliphatic carbocycles. The monoisotopic (exact) mass is 330 g/mol. The summed E-state index contributed by atoms with van der Waals surface area (Å²) in [7, 11) is 4.79. The molecule has 1 N–H and O–H groups in total. The zero-order valence-corrected chi connectivity index (χ0v) is 13.1. The van der Waals surface area contributed by atoms with Crippen molar-refractivity contribution in [2.75, 3.05) is 26.6 Å². The number of likely N-dealkylation sites (N-methyl/N-ethyl adjacent to an activating group) is 1. The highest BCUT2D eigenvalue weighted by molar-refractivity contribution is 9.10. The molecule has 0 heterocycles. The van der Waals surface area contributed by atoms with Crippen LogP contribution in [0, 0.1) is 0 Å². The van der Waals surface area contributed by atoms with Crippen LogP contribution in [-0.2, 0) is 9.47 Å². The Hall–Kier alpha value is -1.11. The lowest BCUT2D eigenvalue weighted by atomic mass is 10.3. The molecule has 0 saturated heterocycles. The number of rotatable bonds is 5. The Morgan fingerprint density at radius 1 is 1.32 bits per heavy atom. The molecule has 0 aromatic heterocycles. The third kappa shape index (κ3) is 4.19. The largest absolute Gasteiger partial charge is 0.354 e. The van der Waals surface area contributed by atoms with E-state index in [2.05, 4.69) is 21.2 Å². The number of urea groups is 1. The number of hydrogen-bond donors (Lipinski definition) is 1. The maximum Gasteiger partial charge on any atom is 0.322 e. The van der Waals surface area contributed by atoms with E-state index in [0.717, 1.165) is 10.2 Å². The second kappa shape index (κ2) is 7.47. The Labute approximate surface area is 122 Å². The van der Waals surface area contributed by atoms with Gasteiger partial charge >= 0.3 is 6.03 Å². The highest BCUT2D eigenvalue weighted by atomic mass is 79.9. The summed E-state index contributed by atoms with van der Waals surface area (Å²) in [6, 6.07) is 7.00. The zero-order valence-electron chi connectivity index (χ0n) is 11.5. The van der Waals surface area contributed by atoms with E-state index in [1.54, 1.807) is 21.3 Å². The van der Waals surface area contributed by atoms with Gasteiger partial charge in [-0.15, -0.1) is 0 Å².